The van der Waals surface area contributed by atoms with Gasteiger partial charge in [0.25, 0.3) is 15.9 Å². The third kappa shape index (κ3) is 4.92. The summed E-state index contributed by atoms with van der Waals surface area (Å²) in [5.74, 6) is -1.09. The zero-order chi connectivity index (χ0) is 20.9. The summed E-state index contributed by atoms with van der Waals surface area (Å²) in [6.45, 7) is 4.40. The second-order valence-corrected chi connectivity index (χ2v) is 9.78. The van der Waals surface area contributed by atoms with Crippen molar-refractivity contribution in [1.82, 2.24) is 9.62 Å². The van der Waals surface area contributed by atoms with Gasteiger partial charge in [0.2, 0.25) is 5.91 Å². The number of amides is 2. The Labute approximate surface area is 174 Å². The summed E-state index contributed by atoms with van der Waals surface area (Å²) in [4.78, 5) is 25.1. The highest BCUT2D eigenvalue weighted by atomic mass is 32.2. The van der Waals surface area contributed by atoms with Gasteiger partial charge in [0.05, 0.1) is 17.2 Å². The standard InChI is InChI=1S/C20H23N3O4S2/c1-2-11-21-20(25)16-8-3-4-9-17(16)22-19(24)15-7-5-12-23(14-15)29(26,27)18-10-6-13-28-18/h2-4,6,8-10,13,15H,1,5,7,11-12,14H2,(H,21,25)(H,22,24)/t15-/m0/s1. The monoisotopic (exact) mass is 433 g/mol. The number of thiophene rings is 1. The second kappa shape index (κ2) is 9.34. The number of nitrogens with one attached hydrogen (secondary N) is 2. The Kier molecular flexibility index (Phi) is 6.83. The van der Waals surface area contributed by atoms with E-state index in [-0.39, 0.29) is 22.6 Å². The van der Waals surface area contributed by atoms with E-state index >= 15 is 0 Å². The first-order valence-corrected chi connectivity index (χ1v) is 11.6. The highest BCUT2D eigenvalue weighted by Gasteiger charge is 2.34. The number of rotatable bonds is 7. The molecule has 1 fully saturated rings. The van der Waals surface area contributed by atoms with Gasteiger partial charge >= 0.3 is 0 Å². The smallest absolute Gasteiger partial charge is 0.253 e. The van der Waals surface area contributed by atoms with Gasteiger partial charge in [-0.3, -0.25) is 9.59 Å². The fraction of sp³-hybridized carbons (Fsp3) is 0.300. The quantitative estimate of drug-likeness (QED) is 0.657. The van der Waals surface area contributed by atoms with Crippen LogP contribution >= 0.6 is 11.3 Å². The van der Waals surface area contributed by atoms with Crippen LogP contribution in [-0.2, 0) is 14.8 Å². The van der Waals surface area contributed by atoms with E-state index in [4.69, 9.17) is 0 Å². The molecule has 0 bridgehead atoms. The summed E-state index contributed by atoms with van der Waals surface area (Å²) in [5, 5.41) is 7.21. The van der Waals surface area contributed by atoms with E-state index in [2.05, 4.69) is 17.2 Å². The zero-order valence-corrected chi connectivity index (χ0v) is 17.5. The van der Waals surface area contributed by atoms with Crippen LogP contribution in [0.1, 0.15) is 23.2 Å². The fourth-order valence-corrected chi connectivity index (χ4v) is 5.87. The number of carbonyl (C=O) groups is 2. The molecule has 1 aliphatic rings. The first-order valence-electron chi connectivity index (χ1n) is 9.26. The van der Waals surface area contributed by atoms with Crippen molar-refractivity contribution in [3.8, 4) is 0 Å². The topological polar surface area (TPSA) is 95.6 Å². The largest absolute Gasteiger partial charge is 0.349 e. The number of anilines is 1. The number of para-hydroxylation sites is 1. The predicted molar refractivity (Wildman–Crippen MR) is 113 cm³/mol. The maximum Gasteiger partial charge on any atom is 0.253 e. The zero-order valence-electron chi connectivity index (χ0n) is 15.8. The van der Waals surface area contributed by atoms with Crippen LogP contribution in [0.25, 0.3) is 0 Å². The van der Waals surface area contributed by atoms with Crippen LogP contribution in [-0.4, -0.2) is 44.2 Å². The summed E-state index contributed by atoms with van der Waals surface area (Å²) in [5.41, 5.74) is 0.749. The summed E-state index contributed by atoms with van der Waals surface area (Å²) < 4.78 is 27.2. The average molecular weight is 434 g/mol. The molecule has 2 heterocycles. The van der Waals surface area contributed by atoms with Crippen LogP contribution in [0.2, 0.25) is 0 Å². The predicted octanol–water partition coefficient (Wildman–Crippen LogP) is 2.70. The molecule has 0 aliphatic carbocycles. The SMILES string of the molecule is C=CCNC(=O)c1ccccc1NC(=O)[C@H]1CCCN(S(=O)(=O)c2cccs2)C1. The Hall–Kier alpha value is -2.49. The van der Waals surface area contributed by atoms with Crippen molar-refractivity contribution in [3.63, 3.8) is 0 Å². The number of sulfonamides is 1. The molecule has 0 spiro atoms. The summed E-state index contributed by atoms with van der Waals surface area (Å²) in [6.07, 6.45) is 2.76. The van der Waals surface area contributed by atoms with Gasteiger partial charge in [-0.05, 0) is 36.4 Å². The number of nitrogens with zero attached hydrogens (tertiary/aromatic N) is 1. The summed E-state index contributed by atoms with van der Waals surface area (Å²) in [7, 11) is -3.59. The van der Waals surface area contributed by atoms with Crippen LogP contribution in [0, 0.1) is 5.92 Å². The lowest BCUT2D eigenvalue weighted by atomic mass is 9.98. The van der Waals surface area contributed by atoms with E-state index in [1.165, 1.54) is 15.6 Å². The lowest BCUT2D eigenvalue weighted by molar-refractivity contribution is -0.120. The molecular weight excluding hydrogens is 410 g/mol. The molecule has 1 saturated heterocycles. The maximum absolute atomic E-state index is 12.8. The average Bonchev–Trinajstić information content (AvgIpc) is 3.28. The minimum Gasteiger partial charge on any atom is -0.349 e. The lowest BCUT2D eigenvalue weighted by Crippen LogP contribution is -2.43. The summed E-state index contributed by atoms with van der Waals surface area (Å²) in [6, 6.07) is 10.00. The Morgan fingerprint density at radius 3 is 2.76 bits per heavy atom. The molecule has 1 aliphatic heterocycles. The third-order valence-corrected chi connectivity index (χ3v) is 7.92. The van der Waals surface area contributed by atoms with E-state index in [1.54, 1.807) is 47.9 Å². The van der Waals surface area contributed by atoms with Crippen LogP contribution in [0.15, 0.2) is 58.6 Å². The van der Waals surface area contributed by atoms with Crippen molar-refractivity contribution < 1.29 is 18.0 Å². The maximum atomic E-state index is 12.8. The molecule has 7 nitrogen and oxygen atoms in total. The van der Waals surface area contributed by atoms with Crippen LogP contribution in [0.3, 0.4) is 0 Å². The molecule has 1 aromatic heterocycles. The number of benzene rings is 1. The number of hydrogen-bond donors (Lipinski definition) is 2. The highest BCUT2D eigenvalue weighted by molar-refractivity contribution is 7.91. The van der Waals surface area contributed by atoms with Crippen LogP contribution in [0.4, 0.5) is 5.69 Å². The molecule has 2 aromatic rings. The van der Waals surface area contributed by atoms with Gasteiger partial charge in [0.15, 0.2) is 0 Å². The first kappa shape index (κ1) is 21.2. The highest BCUT2D eigenvalue weighted by Crippen LogP contribution is 2.27. The van der Waals surface area contributed by atoms with Gasteiger partial charge in [-0.25, -0.2) is 8.42 Å². The Balaban J connectivity index is 1.72. The van der Waals surface area contributed by atoms with Gasteiger partial charge in [-0.1, -0.05) is 24.3 Å². The molecule has 1 atom stereocenters. The molecular formula is C20H23N3O4S2. The molecule has 3 rings (SSSR count). The van der Waals surface area contributed by atoms with Crippen LogP contribution < -0.4 is 10.6 Å². The number of carbonyl (C=O) groups excluding carboxylic acids is 2. The molecule has 0 saturated carbocycles. The molecule has 1 aromatic carbocycles. The molecule has 154 valence electrons. The van der Waals surface area contributed by atoms with E-state index in [0.717, 1.165) is 0 Å². The lowest BCUT2D eigenvalue weighted by Gasteiger charge is -2.30. The van der Waals surface area contributed by atoms with E-state index < -0.39 is 15.9 Å². The first-order chi connectivity index (χ1) is 13.9. The number of hydrogen-bond acceptors (Lipinski definition) is 5. The van der Waals surface area contributed by atoms with Crippen molar-refractivity contribution in [2.24, 2.45) is 5.92 Å². The Bertz CT molecular complexity index is 987. The minimum absolute atomic E-state index is 0.122. The number of piperidine rings is 1. The summed E-state index contributed by atoms with van der Waals surface area (Å²) >= 11 is 1.17. The van der Waals surface area contributed by atoms with Gasteiger partial charge < -0.3 is 10.6 Å². The van der Waals surface area contributed by atoms with E-state index in [9.17, 15) is 18.0 Å². The molecule has 29 heavy (non-hydrogen) atoms. The Morgan fingerprint density at radius 1 is 1.24 bits per heavy atom. The minimum atomic E-state index is -3.59. The third-order valence-electron chi connectivity index (χ3n) is 4.68. The molecule has 9 heteroatoms. The fourth-order valence-electron chi connectivity index (χ4n) is 3.20. The second-order valence-electron chi connectivity index (χ2n) is 6.67. The van der Waals surface area contributed by atoms with E-state index in [1.807, 2.05) is 0 Å². The normalized spacial score (nSPS) is 17.4. The van der Waals surface area contributed by atoms with Gasteiger partial charge in [-0.15, -0.1) is 17.9 Å². The van der Waals surface area contributed by atoms with E-state index in [0.29, 0.717) is 37.2 Å². The van der Waals surface area contributed by atoms with Gasteiger partial charge in [-0.2, -0.15) is 4.31 Å². The van der Waals surface area contributed by atoms with Crippen molar-refractivity contribution in [2.75, 3.05) is 25.0 Å². The molecule has 0 radical (unpaired) electrons. The van der Waals surface area contributed by atoms with Gasteiger partial charge in [0.1, 0.15) is 4.21 Å². The van der Waals surface area contributed by atoms with Crippen LogP contribution in [0.5, 0.6) is 0 Å². The molecule has 2 N–H and O–H groups in total. The van der Waals surface area contributed by atoms with Crippen molar-refractivity contribution in [3.05, 3.63) is 60.0 Å². The van der Waals surface area contributed by atoms with Crippen molar-refractivity contribution in [1.29, 1.82) is 0 Å². The molecule has 2 amide bonds. The molecule has 0 unspecified atom stereocenters. The van der Waals surface area contributed by atoms with Gasteiger partial charge in [0, 0.05) is 19.6 Å². The van der Waals surface area contributed by atoms with Crippen molar-refractivity contribution in [2.45, 2.75) is 17.1 Å². The van der Waals surface area contributed by atoms with Crippen molar-refractivity contribution >= 4 is 38.9 Å². The Morgan fingerprint density at radius 2 is 2.03 bits per heavy atom.